The number of rotatable bonds is 6. The van der Waals surface area contributed by atoms with Crippen molar-refractivity contribution in [1.82, 2.24) is 0 Å². The number of halogens is 3. The lowest BCUT2D eigenvalue weighted by Crippen LogP contribution is -2.23. The van der Waals surface area contributed by atoms with E-state index in [9.17, 15) is 18.0 Å². The highest BCUT2D eigenvalue weighted by atomic mass is 19.4. The van der Waals surface area contributed by atoms with Crippen LogP contribution in [0.25, 0.3) is 0 Å². The molecule has 0 bridgehead atoms. The molecule has 0 saturated heterocycles. The van der Waals surface area contributed by atoms with Crippen molar-refractivity contribution < 1.29 is 22.7 Å². The quantitative estimate of drug-likeness (QED) is 0.584. The van der Waals surface area contributed by atoms with E-state index in [1.807, 2.05) is 18.2 Å². The molecule has 0 aliphatic heterocycles. The van der Waals surface area contributed by atoms with Crippen LogP contribution in [0.1, 0.15) is 5.56 Å². The normalized spacial score (nSPS) is 11.0. The number of carbonyl (C=O) groups is 1. The number of para-hydroxylation sites is 4. The summed E-state index contributed by atoms with van der Waals surface area (Å²) in [4.78, 5) is 12.2. The van der Waals surface area contributed by atoms with Gasteiger partial charge in [-0.15, -0.1) is 0 Å². The number of amides is 1. The summed E-state index contributed by atoms with van der Waals surface area (Å²) in [5.41, 5.74) is -0.627. The van der Waals surface area contributed by atoms with Crippen LogP contribution < -0.4 is 15.4 Å². The van der Waals surface area contributed by atoms with Gasteiger partial charge >= 0.3 is 6.18 Å². The summed E-state index contributed by atoms with van der Waals surface area (Å²) in [7, 11) is 0. The molecule has 4 nitrogen and oxygen atoms in total. The Bertz CT molecular complexity index is 944. The van der Waals surface area contributed by atoms with Crippen LogP contribution in [0.3, 0.4) is 0 Å². The van der Waals surface area contributed by atoms with Crippen molar-refractivity contribution >= 4 is 17.3 Å². The molecule has 7 heteroatoms. The Morgan fingerprint density at radius 3 is 2.14 bits per heavy atom. The van der Waals surface area contributed by atoms with E-state index in [0.717, 1.165) is 6.07 Å². The maximum atomic E-state index is 13.0. The van der Waals surface area contributed by atoms with Crippen LogP contribution in [0, 0.1) is 0 Å². The summed E-state index contributed by atoms with van der Waals surface area (Å²) in [5, 5.41) is 5.19. The van der Waals surface area contributed by atoms with Crippen LogP contribution in [-0.2, 0) is 11.0 Å². The van der Waals surface area contributed by atoms with Gasteiger partial charge in [-0.25, -0.2) is 0 Å². The fourth-order valence-corrected chi connectivity index (χ4v) is 2.53. The highest BCUT2D eigenvalue weighted by Gasteiger charge is 2.33. The number of hydrogen-bond donors (Lipinski definition) is 2. The topological polar surface area (TPSA) is 50.4 Å². The molecule has 0 heterocycles. The zero-order valence-corrected chi connectivity index (χ0v) is 14.7. The molecule has 0 fully saturated rings. The minimum Gasteiger partial charge on any atom is -0.455 e. The van der Waals surface area contributed by atoms with E-state index < -0.39 is 17.6 Å². The molecule has 0 radical (unpaired) electrons. The Morgan fingerprint density at radius 1 is 0.821 bits per heavy atom. The van der Waals surface area contributed by atoms with Crippen molar-refractivity contribution in [2.75, 3.05) is 17.2 Å². The van der Waals surface area contributed by atoms with Crippen molar-refractivity contribution in [2.24, 2.45) is 0 Å². The van der Waals surface area contributed by atoms with Gasteiger partial charge in [-0.2, -0.15) is 13.2 Å². The van der Waals surface area contributed by atoms with Crippen LogP contribution >= 0.6 is 0 Å². The first-order valence-electron chi connectivity index (χ1n) is 8.45. The highest BCUT2D eigenvalue weighted by Crippen LogP contribution is 2.34. The monoisotopic (exact) mass is 386 g/mol. The second-order valence-corrected chi connectivity index (χ2v) is 5.86. The molecule has 1 amide bonds. The molecular weight excluding hydrogens is 369 g/mol. The SMILES string of the molecule is O=C(CNc1ccccc1Oc1ccccc1)Nc1ccccc1C(F)(F)F. The minimum atomic E-state index is -4.55. The van der Waals surface area contributed by atoms with Gasteiger partial charge in [-0.3, -0.25) is 4.79 Å². The summed E-state index contributed by atoms with van der Waals surface area (Å²) in [6.07, 6.45) is -4.55. The maximum Gasteiger partial charge on any atom is 0.418 e. The van der Waals surface area contributed by atoms with Crippen molar-refractivity contribution in [3.63, 3.8) is 0 Å². The summed E-state index contributed by atoms with van der Waals surface area (Å²) in [6, 6.07) is 20.9. The van der Waals surface area contributed by atoms with Gasteiger partial charge in [-0.1, -0.05) is 42.5 Å². The molecule has 3 rings (SSSR count). The standard InChI is InChI=1S/C21H17F3N2O2/c22-21(23,24)16-10-4-5-11-17(16)26-20(27)14-25-18-12-6-7-13-19(18)28-15-8-2-1-3-9-15/h1-13,25H,14H2,(H,26,27). The maximum absolute atomic E-state index is 13.0. The average Bonchev–Trinajstić information content (AvgIpc) is 2.68. The molecular formula is C21H17F3N2O2. The van der Waals surface area contributed by atoms with Crippen molar-refractivity contribution in [2.45, 2.75) is 6.18 Å². The van der Waals surface area contributed by atoms with E-state index in [1.165, 1.54) is 18.2 Å². The first-order valence-corrected chi connectivity index (χ1v) is 8.45. The van der Waals surface area contributed by atoms with Gasteiger partial charge in [0, 0.05) is 0 Å². The Morgan fingerprint density at radius 2 is 1.43 bits per heavy atom. The van der Waals surface area contributed by atoms with Crippen LogP contribution in [0.15, 0.2) is 78.9 Å². The predicted molar refractivity (Wildman–Crippen MR) is 102 cm³/mol. The second-order valence-electron chi connectivity index (χ2n) is 5.86. The van der Waals surface area contributed by atoms with Crippen molar-refractivity contribution in [1.29, 1.82) is 0 Å². The number of anilines is 2. The Hall–Kier alpha value is -3.48. The van der Waals surface area contributed by atoms with E-state index in [0.29, 0.717) is 17.2 Å². The Balaban J connectivity index is 1.66. The lowest BCUT2D eigenvalue weighted by molar-refractivity contribution is -0.137. The molecule has 28 heavy (non-hydrogen) atoms. The molecule has 0 aromatic heterocycles. The summed E-state index contributed by atoms with van der Waals surface area (Å²) in [6.45, 7) is -0.221. The van der Waals surface area contributed by atoms with Gasteiger partial charge in [0.1, 0.15) is 5.75 Å². The number of carbonyl (C=O) groups excluding carboxylic acids is 1. The molecule has 3 aromatic carbocycles. The molecule has 144 valence electrons. The number of ether oxygens (including phenoxy) is 1. The van der Waals surface area contributed by atoms with Gasteiger partial charge in [0.25, 0.3) is 0 Å². The van der Waals surface area contributed by atoms with Gasteiger partial charge in [0.2, 0.25) is 5.91 Å². The van der Waals surface area contributed by atoms with Gasteiger partial charge < -0.3 is 15.4 Å². The summed E-state index contributed by atoms with van der Waals surface area (Å²) < 4.78 is 44.9. The number of hydrogen-bond acceptors (Lipinski definition) is 3. The first kappa shape index (κ1) is 19.3. The third-order valence-electron chi connectivity index (χ3n) is 3.80. The van der Waals surface area contributed by atoms with Crippen LogP contribution in [0.5, 0.6) is 11.5 Å². The van der Waals surface area contributed by atoms with Gasteiger partial charge in [-0.05, 0) is 36.4 Å². The van der Waals surface area contributed by atoms with E-state index in [4.69, 9.17) is 4.74 Å². The Labute approximate surface area is 160 Å². The number of benzene rings is 3. The minimum absolute atomic E-state index is 0.221. The summed E-state index contributed by atoms with van der Waals surface area (Å²) in [5.74, 6) is 0.517. The van der Waals surface area contributed by atoms with Crippen LogP contribution in [-0.4, -0.2) is 12.5 Å². The molecule has 0 unspecified atom stereocenters. The molecule has 0 saturated carbocycles. The van der Waals surface area contributed by atoms with Crippen molar-refractivity contribution in [3.05, 3.63) is 84.4 Å². The highest BCUT2D eigenvalue weighted by molar-refractivity contribution is 5.94. The predicted octanol–water partition coefficient (Wildman–Crippen LogP) is 5.55. The lowest BCUT2D eigenvalue weighted by atomic mass is 10.1. The lowest BCUT2D eigenvalue weighted by Gasteiger charge is -2.15. The van der Waals surface area contributed by atoms with E-state index >= 15 is 0 Å². The molecule has 2 N–H and O–H groups in total. The fraction of sp³-hybridized carbons (Fsp3) is 0.0952. The third-order valence-corrected chi connectivity index (χ3v) is 3.80. The van der Waals surface area contributed by atoms with Crippen LogP contribution in [0.2, 0.25) is 0 Å². The van der Waals surface area contributed by atoms with Crippen molar-refractivity contribution in [3.8, 4) is 11.5 Å². The molecule has 0 aliphatic rings. The smallest absolute Gasteiger partial charge is 0.418 e. The third kappa shape index (κ3) is 5.03. The fourth-order valence-electron chi connectivity index (χ4n) is 2.53. The van der Waals surface area contributed by atoms with E-state index in [-0.39, 0.29) is 12.2 Å². The number of alkyl halides is 3. The number of nitrogens with one attached hydrogen (secondary N) is 2. The molecule has 0 aliphatic carbocycles. The molecule has 0 atom stereocenters. The summed E-state index contributed by atoms with van der Waals surface area (Å²) >= 11 is 0. The van der Waals surface area contributed by atoms with Crippen LogP contribution in [0.4, 0.5) is 24.5 Å². The Kier molecular flexibility index (Phi) is 5.84. The van der Waals surface area contributed by atoms with E-state index in [1.54, 1.807) is 36.4 Å². The van der Waals surface area contributed by atoms with Gasteiger partial charge in [0.15, 0.2) is 5.75 Å². The average molecular weight is 386 g/mol. The first-order chi connectivity index (χ1) is 13.4. The second kappa shape index (κ2) is 8.47. The molecule has 3 aromatic rings. The largest absolute Gasteiger partial charge is 0.455 e. The zero-order chi connectivity index (χ0) is 20.0. The van der Waals surface area contributed by atoms with Gasteiger partial charge in [0.05, 0.1) is 23.5 Å². The zero-order valence-electron chi connectivity index (χ0n) is 14.7. The van der Waals surface area contributed by atoms with E-state index in [2.05, 4.69) is 10.6 Å². The molecule has 0 spiro atoms.